The molecule has 3 heterocycles. The number of nitrogens with zero attached hydrogens (tertiary/aromatic N) is 4. The van der Waals surface area contributed by atoms with Crippen LogP contribution in [0.5, 0.6) is 5.75 Å². The van der Waals surface area contributed by atoms with Crippen LogP contribution in [-0.2, 0) is 9.53 Å². The number of phenols is 1. The highest BCUT2D eigenvalue weighted by Crippen LogP contribution is 2.37. The average molecular weight is 664 g/mol. The smallest absolute Gasteiger partial charge is 0.340 e. The van der Waals surface area contributed by atoms with Crippen LogP contribution in [0.25, 0.3) is 10.9 Å². The number of aromatic nitrogens is 2. The summed E-state index contributed by atoms with van der Waals surface area (Å²) in [7, 11) is 0. The second-order valence-corrected chi connectivity index (χ2v) is 12.4. The summed E-state index contributed by atoms with van der Waals surface area (Å²) in [5, 5.41) is 14.6. The molecule has 1 atom stereocenters. The van der Waals surface area contributed by atoms with Gasteiger partial charge in [0.2, 0.25) is 5.91 Å². The maximum atomic E-state index is 15.1. The van der Waals surface area contributed by atoms with E-state index in [0.717, 1.165) is 28.6 Å². The molecule has 0 radical (unpaired) electrons. The summed E-state index contributed by atoms with van der Waals surface area (Å²) in [4.78, 5) is 48.3. The fourth-order valence-corrected chi connectivity index (χ4v) is 6.98. The van der Waals surface area contributed by atoms with Gasteiger partial charge in [-0.15, -0.1) is 0 Å². The van der Waals surface area contributed by atoms with Gasteiger partial charge in [0.05, 0.1) is 18.2 Å². The summed E-state index contributed by atoms with van der Waals surface area (Å²) in [5.41, 5.74) is 3.11. The molecule has 0 spiro atoms. The van der Waals surface area contributed by atoms with Crippen LogP contribution in [-0.4, -0.2) is 80.5 Å². The van der Waals surface area contributed by atoms with Gasteiger partial charge in [-0.3, -0.25) is 13.9 Å². The molecule has 10 nitrogen and oxygen atoms in total. The van der Waals surface area contributed by atoms with Gasteiger partial charge in [-0.2, -0.15) is 0 Å². The Balaban J connectivity index is 1.53. The van der Waals surface area contributed by atoms with Crippen LogP contribution in [0.4, 0.5) is 0 Å². The normalized spacial score (nSPS) is 13.8. The van der Waals surface area contributed by atoms with Gasteiger partial charge in [0.15, 0.2) is 0 Å². The van der Waals surface area contributed by atoms with Crippen LogP contribution in [0.2, 0.25) is 0 Å². The summed E-state index contributed by atoms with van der Waals surface area (Å²) >= 11 is 0.944. The van der Waals surface area contributed by atoms with Gasteiger partial charge >= 0.3 is 5.97 Å². The number of aromatic hydroxyl groups is 1. The Morgan fingerprint density at radius 1 is 0.938 bits per heavy atom. The molecule has 0 aliphatic carbocycles. The molecule has 11 heteroatoms. The zero-order valence-corrected chi connectivity index (χ0v) is 27.6. The zero-order valence-electron chi connectivity index (χ0n) is 26.8. The largest absolute Gasteiger partial charge is 0.508 e. The number of nitrogens with one attached hydrogen (secondary N) is 1. The molecule has 6 rings (SSSR count). The number of fused-ring (bicyclic) bond motifs is 1. The summed E-state index contributed by atoms with van der Waals surface area (Å²) in [5.74, 6) is -1.17. The van der Waals surface area contributed by atoms with Crippen molar-refractivity contribution in [2.75, 3.05) is 32.8 Å². The number of ether oxygens (including phenoxy) is 1. The molecule has 1 aliphatic heterocycles. The first-order valence-electron chi connectivity index (χ1n) is 15.9. The number of carbonyl (C=O) groups excluding carboxylic acids is 3. The number of amides is 2. The third-order valence-electron chi connectivity index (χ3n) is 8.32. The molecule has 0 unspecified atom stereocenters. The minimum atomic E-state index is -0.926. The standard InChI is InChI=1S/C37H37N5O5S/c1-3-47-37(46)30-15-10-18-39-34(30)48-42(25(2)35(44)40-21-19-38-20-22-40)36(45)32-24-28-23-29(43)16-17-31(28)41(32)33(26-11-6-4-7-12-26)27-13-8-5-9-14-27/h4-18,23-25,33,38,43H,3,19-22H2,1-2H3/t25-/m1/s1. The average Bonchev–Trinajstić information content (AvgIpc) is 3.49. The van der Waals surface area contributed by atoms with Crippen molar-refractivity contribution in [1.82, 2.24) is 24.1 Å². The van der Waals surface area contributed by atoms with Crippen LogP contribution >= 0.6 is 11.9 Å². The van der Waals surface area contributed by atoms with Gasteiger partial charge in [-0.05, 0) is 61.4 Å². The Bertz CT molecular complexity index is 1870. The van der Waals surface area contributed by atoms with Gasteiger partial charge in [0.25, 0.3) is 5.91 Å². The Labute approximate surface area is 283 Å². The van der Waals surface area contributed by atoms with E-state index in [2.05, 4.69) is 10.3 Å². The summed E-state index contributed by atoms with van der Waals surface area (Å²) < 4.78 is 8.66. The Kier molecular flexibility index (Phi) is 10.1. The fraction of sp³-hybridized carbons (Fsp3) is 0.243. The highest BCUT2D eigenvalue weighted by molar-refractivity contribution is 7.97. The molecule has 1 fully saturated rings. The van der Waals surface area contributed by atoms with Crippen LogP contribution in [0.3, 0.4) is 0 Å². The van der Waals surface area contributed by atoms with Crippen molar-refractivity contribution in [3.05, 3.63) is 126 Å². The van der Waals surface area contributed by atoms with Crippen molar-refractivity contribution in [3.63, 3.8) is 0 Å². The summed E-state index contributed by atoms with van der Waals surface area (Å²) in [6.07, 6.45) is 1.54. The molecule has 0 bridgehead atoms. The zero-order chi connectivity index (χ0) is 33.6. The molecule has 1 saturated heterocycles. The van der Waals surface area contributed by atoms with Gasteiger partial charge in [0, 0.05) is 55.2 Å². The number of pyridine rings is 1. The molecule has 3 aromatic carbocycles. The first kappa shape index (κ1) is 32.8. The lowest BCUT2D eigenvalue weighted by molar-refractivity contribution is -0.134. The van der Waals surface area contributed by atoms with E-state index in [0.29, 0.717) is 37.3 Å². The number of piperazine rings is 1. The molecule has 48 heavy (non-hydrogen) atoms. The monoisotopic (exact) mass is 663 g/mol. The number of esters is 1. The first-order valence-corrected chi connectivity index (χ1v) is 16.7. The van der Waals surface area contributed by atoms with Gasteiger partial charge < -0.3 is 24.6 Å². The fourth-order valence-electron chi connectivity index (χ4n) is 6.01. The number of phenolic OH excluding ortho intramolecular Hbond substituents is 1. The van der Waals surface area contributed by atoms with E-state index in [1.165, 1.54) is 10.5 Å². The molecular weight excluding hydrogens is 627 g/mol. The minimum absolute atomic E-state index is 0.0654. The van der Waals surface area contributed by atoms with Crippen LogP contribution in [0.15, 0.2) is 108 Å². The van der Waals surface area contributed by atoms with Crippen molar-refractivity contribution in [2.24, 2.45) is 0 Å². The molecule has 2 aromatic heterocycles. The van der Waals surface area contributed by atoms with E-state index >= 15 is 4.79 Å². The number of benzene rings is 3. The molecular formula is C37H37N5O5S. The molecule has 1 aliphatic rings. The van der Waals surface area contributed by atoms with Gasteiger partial charge in [-0.25, -0.2) is 9.78 Å². The van der Waals surface area contributed by atoms with E-state index in [-0.39, 0.29) is 28.9 Å². The minimum Gasteiger partial charge on any atom is -0.508 e. The van der Waals surface area contributed by atoms with Crippen molar-refractivity contribution in [3.8, 4) is 5.75 Å². The third kappa shape index (κ3) is 6.78. The molecule has 0 saturated carbocycles. The quantitative estimate of drug-likeness (QED) is 0.148. The third-order valence-corrected chi connectivity index (χ3v) is 9.50. The summed E-state index contributed by atoms with van der Waals surface area (Å²) in [6.45, 7) is 5.92. The van der Waals surface area contributed by atoms with Crippen molar-refractivity contribution >= 4 is 40.6 Å². The number of rotatable bonds is 10. The summed E-state index contributed by atoms with van der Waals surface area (Å²) in [6, 6.07) is 28.4. The van der Waals surface area contributed by atoms with Crippen molar-refractivity contribution < 1.29 is 24.2 Å². The predicted octanol–water partition coefficient (Wildman–Crippen LogP) is 5.53. The lowest BCUT2D eigenvalue weighted by Gasteiger charge is -2.34. The van der Waals surface area contributed by atoms with Crippen LogP contribution in [0.1, 0.15) is 51.9 Å². The second kappa shape index (κ2) is 14.7. The Hall–Kier alpha value is -5.13. The van der Waals surface area contributed by atoms with E-state index in [1.807, 2.05) is 65.2 Å². The number of hydrogen-bond acceptors (Lipinski definition) is 8. The number of carbonyl (C=O) groups is 3. The van der Waals surface area contributed by atoms with Gasteiger partial charge in [-0.1, -0.05) is 60.7 Å². The van der Waals surface area contributed by atoms with E-state index in [9.17, 15) is 14.7 Å². The highest BCUT2D eigenvalue weighted by Gasteiger charge is 2.36. The van der Waals surface area contributed by atoms with E-state index in [1.54, 1.807) is 55.1 Å². The first-order chi connectivity index (χ1) is 23.4. The van der Waals surface area contributed by atoms with E-state index < -0.39 is 24.0 Å². The van der Waals surface area contributed by atoms with Crippen molar-refractivity contribution in [1.29, 1.82) is 0 Å². The highest BCUT2D eigenvalue weighted by atomic mass is 32.2. The lowest BCUT2D eigenvalue weighted by atomic mass is 9.98. The molecule has 2 N–H and O–H groups in total. The molecule has 2 amide bonds. The topological polar surface area (TPSA) is 117 Å². The predicted molar refractivity (Wildman–Crippen MR) is 185 cm³/mol. The maximum Gasteiger partial charge on any atom is 0.340 e. The molecule has 246 valence electrons. The maximum absolute atomic E-state index is 15.1. The Morgan fingerprint density at radius 3 is 2.25 bits per heavy atom. The van der Waals surface area contributed by atoms with Crippen LogP contribution < -0.4 is 5.32 Å². The van der Waals surface area contributed by atoms with Crippen LogP contribution in [0, 0.1) is 0 Å². The number of hydrogen-bond donors (Lipinski definition) is 2. The SMILES string of the molecule is CCOC(=O)c1cccnc1SN(C(=O)c1cc2cc(O)ccc2n1C(c1ccccc1)c1ccccc1)[C@H](C)C(=O)N1CCNCC1. The second-order valence-electron chi connectivity index (χ2n) is 11.4. The lowest BCUT2D eigenvalue weighted by Crippen LogP contribution is -2.53. The van der Waals surface area contributed by atoms with E-state index in [4.69, 9.17) is 4.74 Å². The molecule has 5 aromatic rings. The van der Waals surface area contributed by atoms with Gasteiger partial charge in [0.1, 0.15) is 22.5 Å². The van der Waals surface area contributed by atoms with Crippen molar-refractivity contribution in [2.45, 2.75) is 31.0 Å². The Morgan fingerprint density at radius 2 is 1.60 bits per heavy atom.